The molecule has 0 N–H and O–H groups in total. The summed E-state index contributed by atoms with van der Waals surface area (Å²) in [5, 5.41) is 4.03. The lowest BCUT2D eigenvalue weighted by Crippen LogP contribution is -2.41. The fourth-order valence-corrected chi connectivity index (χ4v) is 3.45. The summed E-state index contributed by atoms with van der Waals surface area (Å²) >= 11 is 0. The number of pyridine rings is 1. The molecular formula is C23H26N4O3. The van der Waals surface area contributed by atoms with E-state index in [-0.39, 0.29) is 6.09 Å². The van der Waals surface area contributed by atoms with E-state index in [2.05, 4.69) is 16.1 Å². The summed E-state index contributed by atoms with van der Waals surface area (Å²) in [4.78, 5) is 25.7. The van der Waals surface area contributed by atoms with E-state index in [1.807, 2.05) is 49.5 Å². The highest BCUT2D eigenvalue weighted by Crippen LogP contribution is 2.20. The number of likely N-dealkylation sites (tertiary alicyclic amines) is 1. The third kappa shape index (κ3) is 5.37. The van der Waals surface area contributed by atoms with Crippen LogP contribution < -0.4 is 9.57 Å². The number of aryl methyl sites for hydroxylation is 1. The summed E-state index contributed by atoms with van der Waals surface area (Å²) in [6.45, 7) is 3.96. The Hall–Kier alpha value is -3.35. The minimum absolute atomic E-state index is 0.297. The van der Waals surface area contributed by atoms with Gasteiger partial charge in [0.05, 0.1) is 12.4 Å². The molecule has 156 valence electrons. The highest BCUT2D eigenvalue weighted by atomic mass is 16.7. The number of carbonyl (C=O) groups excluding carboxylic acids is 1. The molecule has 4 rings (SSSR count). The summed E-state index contributed by atoms with van der Waals surface area (Å²) in [5.41, 5.74) is 3.30. The maximum absolute atomic E-state index is 12.5. The lowest BCUT2D eigenvalue weighted by Gasteiger charge is -2.30. The summed E-state index contributed by atoms with van der Waals surface area (Å²) in [5.74, 6) is 0.970. The van der Waals surface area contributed by atoms with Crippen molar-refractivity contribution in [1.29, 1.82) is 0 Å². The van der Waals surface area contributed by atoms with Crippen molar-refractivity contribution in [2.24, 2.45) is 5.92 Å². The van der Waals surface area contributed by atoms with E-state index in [0.29, 0.717) is 31.4 Å². The van der Waals surface area contributed by atoms with Crippen molar-refractivity contribution in [1.82, 2.24) is 19.8 Å². The van der Waals surface area contributed by atoms with Crippen molar-refractivity contribution in [2.75, 3.05) is 19.7 Å². The molecule has 3 aromatic rings. The van der Waals surface area contributed by atoms with Gasteiger partial charge < -0.3 is 14.5 Å². The van der Waals surface area contributed by atoms with Crippen molar-refractivity contribution in [3.63, 3.8) is 0 Å². The number of nitrogens with zero attached hydrogens (tertiary/aromatic N) is 4. The van der Waals surface area contributed by atoms with Gasteiger partial charge in [0.25, 0.3) is 0 Å². The molecule has 30 heavy (non-hydrogen) atoms. The molecule has 1 amide bonds. The quantitative estimate of drug-likeness (QED) is 0.627. The molecule has 0 radical (unpaired) electrons. The molecule has 0 spiro atoms. The van der Waals surface area contributed by atoms with Crippen molar-refractivity contribution in [2.45, 2.75) is 26.2 Å². The fourth-order valence-electron chi connectivity index (χ4n) is 3.45. The molecule has 1 aliphatic heterocycles. The van der Waals surface area contributed by atoms with Crippen LogP contribution in [0.4, 0.5) is 4.79 Å². The second kappa shape index (κ2) is 9.43. The third-order valence-electron chi connectivity index (χ3n) is 5.28. The SMILES string of the molecule is Cc1ccc(Cc2ccc(OC(=O)N3CCC(COn4cccn4)CC3)cc2)nc1. The number of amides is 1. The molecule has 1 fully saturated rings. The Kier molecular flexibility index (Phi) is 6.27. The lowest BCUT2D eigenvalue weighted by molar-refractivity contribution is 0.0366. The molecule has 0 atom stereocenters. The predicted molar refractivity (Wildman–Crippen MR) is 112 cm³/mol. The number of benzene rings is 1. The van der Waals surface area contributed by atoms with Crippen LogP contribution in [-0.2, 0) is 6.42 Å². The van der Waals surface area contributed by atoms with Crippen molar-refractivity contribution in [3.8, 4) is 5.75 Å². The van der Waals surface area contributed by atoms with E-state index >= 15 is 0 Å². The minimum Gasteiger partial charge on any atom is -0.410 e. The maximum Gasteiger partial charge on any atom is 0.415 e. The van der Waals surface area contributed by atoms with Crippen LogP contribution in [0.5, 0.6) is 5.75 Å². The van der Waals surface area contributed by atoms with Gasteiger partial charge in [0.15, 0.2) is 0 Å². The third-order valence-corrected chi connectivity index (χ3v) is 5.28. The molecule has 0 saturated carbocycles. The van der Waals surface area contributed by atoms with Crippen LogP contribution in [0.15, 0.2) is 61.1 Å². The van der Waals surface area contributed by atoms with Crippen LogP contribution >= 0.6 is 0 Å². The van der Waals surface area contributed by atoms with E-state index in [9.17, 15) is 4.79 Å². The average molecular weight is 406 g/mol. The topological polar surface area (TPSA) is 69.5 Å². The Morgan fingerprint density at radius 3 is 2.60 bits per heavy atom. The van der Waals surface area contributed by atoms with Gasteiger partial charge in [0.2, 0.25) is 0 Å². The molecule has 3 heterocycles. The number of ether oxygens (including phenoxy) is 1. The Balaban J connectivity index is 1.22. The molecule has 7 nitrogen and oxygen atoms in total. The zero-order chi connectivity index (χ0) is 20.8. The van der Waals surface area contributed by atoms with Crippen LogP contribution in [0.25, 0.3) is 0 Å². The van der Waals surface area contributed by atoms with Gasteiger partial charge in [-0.05, 0) is 61.1 Å². The van der Waals surface area contributed by atoms with Gasteiger partial charge in [0.1, 0.15) is 12.4 Å². The number of rotatable bonds is 6. The largest absolute Gasteiger partial charge is 0.415 e. The van der Waals surface area contributed by atoms with E-state index in [1.165, 1.54) is 4.85 Å². The molecule has 0 aliphatic carbocycles. The van der Waals surface area contributed by atoms with Gasteiger partial charge in [-0.25, -0.2) is 4.79 Å². The lowest BCUT2D eigenvalue weighted by atomic mass is 9.98. The zero-order valence-corrected chi connectivity index (χ0v) is 17.1. The maximum atomic E-state index is 12.5. The zero-order valence-electron chi connectivity index (χ0n) is 17.1. The predicted octanol–water partition coefficient (Wildman–Crippen LogP) is 3.52. The molecule has 0 unspecified atom stereocenters. The van der Waals surface area contributed by atoms with Gasteiger partial charge in [-0.15, -0.1) is 9.94 Å². The fraction of sp³-hybridized carbons (Fsp3) is 0.348. The normalized spacial score (nSPS) is 14.5. The molecule has 2 aromatic heterocycles. The number of aromatic nitrogens is 3. The molecule has 1 aliphatic rings. The Morgan fingerprint density at radius 1 is 1.13 bits per heavy atom. The first kappa shape index (κ1) is 19.9. The van der Waals surface area contributed by atoms with Gasteiger partial charge in [-0.3, -0.25) is 4.98 Å². The second-order valence-electron chi connectivity index (χ2n) is 7.65. The number of piperidine rings is 1. The van der Waals surface area contributed by atoms with Gasteiger partial charge >= 0.3 is 6.09 Å². The molecular weight excluding hydrogens is 380 g/mol. The Morgan fingerprint density at radius 2 is 1.93 bits per heavy atom. The van der Waals surface area contributed by atoms with Crippen LogP contribution in [0.3, 0.4) is 0 Å². The number of hydrogen-bond donors (Lipinski definition) is 0. The second-order valence-corrected chi connectivity index (χ2v) is 7.65. The monoisotopic (exact) mass is 406 g/mol. The van der Waals surface area contributed by atoms with Crippen LogP contribution in [-0.4, -0.2) is 45.6 Å². The van der Waals surface area contributed by atoms with Gasteiger partial charge in [0, 0.05) is 31.4 Å². The van der Waals surface area contributed by atoms with E-state index in [1.54, 1.807) is 17.3 Å². The highest BCUT2D eigenvalue weighted by Gasteiger charge is 2.24. The smallest absolute Gasteiger partial charge is 0.410 e. The average Bonchev–Trinajstić information content (AvgIpc) is 3.29. The van der Waals surface area contributed by atoms with Crippen LogP contribution in [0, 0.1) is 12.8 Å². The number of carbonyl (C=O) groups is 1. The van der Waals surface area contributed by atoms with E-state index < -0.39 is 0 Å². The van der Waals surface area contributed by atoms with Crippen molar-refractivity contribution >= 4 is 6.09 Å². The Labute approximate surface area is 176 Å². The minimum atomic E-state index is -0.297. The van der Waals surface area contributed by atoms with Gasteiger partial charge in [-0.1, -0.05) is 18.2 Å². The van der Waals surface area contributed by atoms with Crippen molar-refractivity contribution < 1.29 is 14.4 Å². The summed E-state index contributed by atoms with van der Waals surface area (Å²) in [6.07, 6.45) is 7.56. The molecule has 7 heteroatoms. The van der Waals surface area contributed by atoms with Crippen LogP contribution in [0.1, 0.15) is 29.7 Å². The summed E-state index contributed by atoms with van der Waals surface area (Å²) in [7, 11) is 0. The summed E-state index contributed by atoms with van der Waals surface area (Å²) < 4.78 is 5.55. The molecule has 0 bridgehead atoms. The first-order valence-corrected chi connectivity index (χ1v) is 10.3. The first-order chi connectivity index (χ1) is 14.7. The Bertz CT molecular complexity index is 932. The molecule has 1 saturated heterocycles. The number of hydrogen-bond acceptors (Lipinski definition) is 5. The van der Waals surface area contributed by atoms with E-state index in [4.69, 9.17) is 9.57 Å². The highest BCUT2D eigenvalue weighted by molar-refractivity contribution is 5.70. The first-order valence-electron chi connectivity index (χ1n) is 10.3. The van der Waals surface area contributed by atoms with E-state index in [0.717, 1.165) is 36.1 Å². The standard InChI is InChI=1S/C23H26N4O3/c1-18-3-6-21(24-16-18)15-19-4-7-22(8-5-19)30-23(28)26-13-9-20(10-14-26)17-29-27-12-2-11-25-27/h2-8,11-12,16,20H,9-10,13-15,17H2,1H3. The van der Waals surface area contributed by atoms with Gasteiger partial charge in [-0.2, -0.15) is 0 Å². The van der Waals surface area contributed by atoms with Crippen LogP contribution in [0.2, 0.25) is 0 Å². The van der Waals surface area contributed by atoms with Crippen molar-refractivity contribution in [3.05, 3.63) is 77.9 Å². The summed E-state index contributed by atoms with van der Waals surface area (Å²) in [6, 6.07) is 13.5. The molecule has 1 aromatic carbocycles.